The van der Waals surface area contributed by atoms with Gasteiger partial charge in [0.1, 0.15) is 17.4 Å². The monoisotopic (exact) mass is 571 g/mol. The lowest BCUT2D eigenvalue weighted by Crippen LogP contribution is -2.17. The number of halogens is 2. The molecule has 4 aromatic rings. The molecule has 1 heterocycles. The molecule has 0 fully saturated rings. The number of methoxy groups -OCH3 is 3. The maximum Gasteiger partial charge on any atom is 0.258 e. The van der Waals surface area contributed by atoms with E-state index < -0.39 is 27.4 Å². The molecule has 4 rings (SSSR count). The van der Waals surface area contributed by atoms with Crippen molar-refractivity contribution in [3.8, 4) is 23.0 Å². The highest BCUT2D eigenvalue weighted by molar-refractivity contribution is 7.89. The van der Waals surface area contributed by atoms with Crippen molar-refractivity contribution in [3.05, 3.63) is 84.1 Å². The molecule has 0 atom stereocenters. The van der Waals surface area contributed by atoms with Gasteiger partial charge in [-0.25, -0.2) is 17.2 Å². The van der Waals surface area contributed by atoms with Crippen LogP contribution in [0.4, 0.5) is 14.5 Å². The van der Waals surface area contributed by atoms with Crippen LogP contribution in [0.2, 0.25) is 0 Å². The first-order chi connectivity index (χ1) is 19.2. The Morgan fingerprint density at radius 2 is 1.62 bits per heavy atom. The van der Waals surface area contributed by atoms with Crippen LogP contribution < -0.4 is 19.5 Å². The van der Waals surface area contributed by atoms with Crippen LogP contribution in [0.25, 0.3) is 10.9 Å². The van der Waals surface area contributed by atoms with Gasteiger partial charge in [0, 0.05) is 42.9 Å². The molecule has 0 radical (unpaired) electrons. The fourth-order valence-electron chi connectivity index (χ4n) is 3.80. The third-order valence-electron chi connectivity index (χ3n) is 5.70. The SMILES string of the molecule is COCC/C(=N\S(=O)(=O)Cc1ccc(F)cc1)Nc1ccc(Oc2ccnc3cc(OC)c(OC)cc23)c(F)c1. The number of benzene rings is 3. The summed E-state index contributed by atoms with van der Waals surface area (Å²) in [5.74, 6) is -0.306. The fourth-order valence-corrected chi connectivity index (χ4v) is 4.95. The van der Waals surface area contributed by atoms with Crippen LogP contribution in [0, 0.1) is 11.6 Å². The Kier molecular flexibility index (Phi) is 9.12. The number of anilines is 1. The van der Waals surface area contributed by atoms with Crippen molar-refractivity contribution in [2.45, 2.75) is 12.2 Å². The van der Waals surface area contributed by atoms with Crippen LogP contribution in [0.5, 0.6) is 23.0 Å². The van der Waals surface area contributed by atoms with Gasteiger partial charge in [-0.3, -0.25) is 4.98 Å². The third-order valence-corrected chi connectivity index (χ3v) is 6.90. The van der Waals surface area contributed by atoms with Gasteiger partial charge in [-0.1, -0.05) is 12.1 Å². The summed E-state index contributed by atoms with van der Waals surface area (Å²) >= 11 is 0. The average Bonchev–Trinajstić information content (AvgIpc) is 2.93. The van der Waals surface area contributed by atoms with Gasteiger partial charge in [0.2, 0.25) is 0 Å². The van der Waals surface area contributed by atoms with Gasteiger partial charge in [-0.05, 0) is 42.0 Å². The second-order valence-electron chi connectivity index (χ2n) is 8.54. The largest absolute Gasteiger partial charge is 0.493 e. The first-order valence-electron chi connectivity index (χ1n) is 12.0. The van der Waals surface area contributed by atoms with E-state index in [4.69, 9.17) is 18.9 Å². The Morgan fingerprint density at radius 1 is 0.900 bits per heavy atom. The molecule has 0 amide bonds. The minimum absolute atomic E-state index is 0.0539. The predicted octanol–water partition coefficient (Wildman–Crippen LogP) is 5.70. The topological polar surface area (TPSA) is 108 Å². The van der Waals surface area contributed by atoms with Crippen LogP contribution in [-0.2, 0) is 20.5 Å². The van der Waals surface area contributed by atoms with Gasteiger partial charge in [0.25, 0.3) is 10.0 Å². The van der Waals surface area contributed by atoms with Crippen molar-refractivity contribution in [2.24, 2.45) is 4.40 Å². The first-order valence-corrected chi connectivity index (χ1v) is 13.6. The Labute approximate surface area is 230 Å². The van der Waals surface area contributed by atoms with Crippen molar-refractivity contribution >= 4 is 32.4 Å². The molecule has 3 aromatic carbocycles. The van der Waals surface area contributed by atoms with Crippen molar-refractivity contribution in [3.63, 3.8) is 0 Å². The van der Waals surface area contributed by atoms with E-state index in [9.17, 15) is 12.8 Å². The second kappa shape index (κ2) is 12.7. The van der Waals surface area contributed by atoms with Crippen LogP contribution in [0.1, 0.15) is 12.0 Å². The number of ether oxygens (including phenoxy) is 4. The molecule has 0 aliphatic rings. The lowest BCUT2D eigenvalue weighted by molar-refractivity contribution is 0.207. The minimum atomic E-state index is -3.98. The zero-order valence-electron chi connectivity index (χ0n) is 22.0. The number of pyridine rings is 1. The second-order valence-corrected chi connectivity index (χ2v) is 10.2. The summed E-state index contributed by atoms with van der Waals surface area (Å²) in [4.78, 5) is 4.31. The number of amidine groups is 1. The highest BCUT2D eigenvalue weighted by Crippen LogP contribution is 2.37. The highest BCUT2D eigenvalue weighted by atomic mass is 32.2. The Bertz CT molecular complexity index is 1630. The van der Waals surface area contributed by atoms with E-state index in [2.05, 4.69) is 14.7 Å². The van der Waals surface area contributed by atoms with Crippen molar-refractivity contribution in [1.82, 2.24) is 4.98 Å². The smallest absolute Gasteiger partial charge is 0.258 e. The number of sulfonamides is 1. The van der Waals surface area contributed by atoms with E-state index in [1.165, 1.54) is 63.9 Å². The van der Waals surface area contributed by atoms with Crippen molar-refractivity contribution < 1.29 is 36.1 Å². The number of hydrogen-bond donors (Lipinski definition) is 1. The molecule has 12 heteroatoms. The summed E-state index contributed by atoms with van der Waals surface area (Å²) in [5.41, 5.74) is 1.20. The number of aromatic nitrogens is 1. The van der Waals surface area contributed by atoms with Gasteiger partial charge in [-0.15, -0.1) is 4.40 Å². The molecule has 40 heavy (non-hydrogen) atoms. The van der Waals surface area contributed by atoms with E-state index in [0.717, 1.165) is 6.07 Å². The van der Waals surface area contributed by atoms with Gasteiger partial charge in [0.05, 0.1) is 32.1 Å². The Balaban J connectivity index is 1.56. The van der Waals surface area contributed by atoms with E-state index in [-0.39, 0.29) is 30.3 Å². The maximum absolute atomic E-state index is 15.1. The van der Waals surface area contributed by atoms with Crippen LogP contribution in [0.3, 0.4) is 0 Å². The summed E-state index contributed by atoms with van der Waals surface area (Å²) in [7, 11) is 0.499. The molecular weight excluding hydrogens is 544 g/mol. The quantitative estimate of drug-likeness (QED) is 0.180. The molecule has 210 valence electrons. The lowest BCUT2D eigenvalue weighted by Gasteiger charge is -2.14. The number of nitrogens with zero attached hydrogens (tertiary/aromatic N) is 2. The Hall–Kier alpha value is -4.29. The molecule has 1 aromatic heterocycles. The molecule has 9 nitrogen and oxygen atoms in total. The fraction of sp³-hybridized carbons (Fsp3) is 0.214. The van der Waals surface area contributed by atoms with E-state index in [1.54, 1.807) is 18.2 Å². The molecule has 0 aliphatic carbocycles. The van der Waals surface area contributed by atoms with E-state index >= 15 is 4.39 Å². The normalized spacial score (nSPS) is 11.9. The minimum Gasteiger partial charge on any atom is -0.493 e. The zero-order chi connectivity index (χ0) is 28.7. The first kappa shape index (κ1) is 28.7. The third kappa shape index (κ3) is 7.21. The number of hydrogen-bond acceptors (Lipinski definition) is 7. The van der Waals surface area contributed by atoms with Gasteiger partial charge in [0.15, 0.2) is 23.1 Å². The van der Waals surface area contributed by atoms with Crippen LogP contribution in [-0.4, -0.2) is 47.2 Å². The zero-order valence-corrected chi connectivity index (χ0v) is 22.8. The van der Waals surface area contributed by atoms with Crippen molar-refractivity contribution in [1.29, 1.82) is 0 Å². The molecule has 0 saturated carbocycles. The predicted molar refractivity (Wildman–Crippen MR) is 148 cm³/mol. The Morgan fingerprint density at radius 3 is 2.30 bits per heavy atom. The summed E-state index contributed by atoms with van der Waals surface area (Å²) in [6.45, 7) is 0.172. The molecule has 0 unspecified atom stereocenters. The van der Waals surface area contributed by atoms with Gasteiger partial charge >= 0.3 is 0 Å². The lowest BCUT2D eigenvalue weighted by atomic mass is 10.2. The summed E-state index contributed by atoms with van der Waals surface area (Å²) in [6.07, 6.45) is 1.65. The summed E-state index contributed by atoms with van der Waals surface area (Å²) < 4.78 is 79.1. The summed E-state index contributed by atoms with van der Waals surface area (Å²) in [6, 6.07) is 14.2. The van der Waals surface area contributed by atoms with Crippen molar-refractivity contribution in [2.75, 3.05) is 33.3 Å². The van der Waals surface area contributed by atoms with Crippen LogP contribution in [0.15, 0.2) is 71.3 Å². The van der Waals surface area contributed by atoms with Crippen LogP contribution >= 0.6 is 0 Å². The molecule has 1 N–H and O–H groups in total. The summed E-state index contributed by atoms with van der Waals surface area (Å²) in [5, 5.41) is 3.43. The van der Waals surface area contributed by atoms with E-state index in [1.807, 2.05) is 0 Å². The molecule has 0 spiro atoms. The van der Waals surface area contributed by atoms with E-state index in [0.29, 0.717) is 33.7 Å². The maximum atomic E-state index is 15.1. The van der Waals surface area contributed by atoms with Gasteiger partial charge < -0.3 is 24.3 Å². The number of fused-ring (bicyclic) bond motifs is 1. The molecule has 0 bridgehead atoms. The molecular formula is C28H27F2N3O6S. The number of rotatable bonds is 11. The molecule has 0 aliphatic heterocycles. The van der Waals surface area contributed by atoms with Gasteiger partial charge in [-0.2, -0.15) is 0 Å². The highest BCUT2D eigenvalue weighted by Gasteiger charge is 2.16. The number of nitrogens with one attached hydrogen (secondary N) is 1. The standard InChI is InChI=1S/C28H27F2N3O6S/c1-36-13-11-28(33-40(34,35)17-18-4-6-19(29)7-5-18)32-20-8-9-25(22(30)14-20)39-24-10-12-31-23-16-27(38-3)26(37-2)15-21(23)24/h4-10,12,14-16H,11,13,17H2,1-3H3,(H,32,33). The molecule has 0 saturated heterocycles. The average molecular weight is 572 g/mol.